The summed E-state index contributed by atoms with van der Waals surface area (Å²) < 4.78 is 17.9. The van der Waals surface area contributed by atoms with Gasteiger partial charge in [0.05, 0.1) is 12.4 Å². The van der Waals surface area contributed by atoms with Gasteiger partial charge >= 0.3 is 0 Å². The average molecular weight is 261 g/mol. The van der Waals surface area contributed by atoms with E-state index < -0.39 is 0 Å². The van der Waals surface area contributed by atoms with Crippen molar-refractivity contribution >= 4 is 21.7 Å². The van der Waals surface area contributed by atoms with Crippen LogP contribution in [0, 0.1) is 5.82 Å². The third kappa shape index (κ3) is 2.80. The molecule has 0 bridgehead atoms. The second-order valence-corrected chi connectivity index (χ2v) is 3.37. The quantitative estimate of drug-likeness (QED) is 0.777. The number of ketones is 1. The number of hydrogen-bond donors (Lipinski definition) is 0. The fraction of sp³-hybridized carbons (Fsp3) is 0.300. The van der Waals surface area contributed by atoms with Gasteiger partial charge in [-0.3, -0.25) is 4.79 Å². The molecule has 0 aromatic heterocycles. The first kappa shape index (κ1) is 11.2. The molecule has 0 saturated heterocycles. The van der Waals surface area contributed by atoms with E-state index in [-0.39, 0.29) is 23.4 Å². The van der Waals surface area contributed by atoms with Gasteiger partial charge in [-0.25, -0.2) is 4.39 Å². The molecule has 1 rings (SSSR count). The topological polar surface area (TPSA) is 26.3 Å². The van der Waals surface area contributed by atoms with E-state index in [1.54, 1.807) is 0 Å². The van der Waals surface area contributed by atoms with E-state index in [1.807, 2.05) is 0 Å². The molecule has 0 atom stereocenters. The van der Waals surface area contributed by atoms with E-state index in [0.717, 1.165) is 0 Å². The molecule has 0 radical (unpaired) electrons. The predicted octanol–water partition coefficient (Wildman–Crippen LogP) is 2.34. The predicted molar refractivity (Wildman–Crippen MR) is 55.5 cm³/mol. The largest absolute Gasteiger partial charge is 0.496 e. The van der Waals surface area contributed by atoms with Gasteiger partial charge in [-0.05, 0) is 18.2 Å². The highest BCUT2D eigenvalue weighted by Crippen LogP contribution is 2.20. The lowest BCUT2D eigenvalue weighted by atomic mass is 10.1. The number of benzene rings is 1. The number of alkyl halides is 1. The van der Waals surface area contributed by atoms with Crippen LogP contribution in [0.25, 0.3) is 0 Å². The Bertz CT molecular complexity index is 339. The van der Waals surface area contributed by atoms with Crippen LogP contribution >= 0.6 is 15.9 Å². The number of carbonyl (C=O) groups is 1. The first-order valence-electron chi connectivity index (χ1n) is 4.07. The lowest BCUT2D eigenvalue weighted by Gasteiger charge is -2.06. The molecule has 0 saturated carbocycles. The summed E-state index contributed by atoms with van der Waals surface area (Å²) in [5.41, 5.74) is 0.581. The smallest absolute Gasteiger partial charge is 0.147 e. The van der Waals surface area contributed by atoms with Crippen LogP contribution in [0.4, 0.5) is 4.39 Å². The fourth-order valence-electron chi connectivity index (χ4n) is 1.14. The van der Waals surface area contributed by atoms with Crippen LogP contribution in [-0.2, 0) is 11.2 Å². The first-order chi connectivity index (χ1) is 6.67. The minimum absolute atomic E-state index is 0.00565. The Kier molecular flexibility index (Phi) is 4.07. The minimum atomic E-state index is -0.358. The van der Waals surface area contributed by atoms with Crippen molar-refractivity contribution in [2.45, 2.75) is 6.42 Å². The standard InChI is InChI=1S/C10H10BrFO2/c1-14-10-3-2-8(12)4-7(10)5-9(13)6-11/h2-4H,5-6H2,1H3. The number of halogens is 2. The highest BCUT2D eigenvalue weighted by Gasteiger charge is 2.08. The Morgan fingerprint density at radius 3 is 2.86 bits per heavy atom. The van der Waals surface area contributed by atoms with Crippen molar-refractivity contribution in [2.24, 2.45) is 0 Å². The van der Waals surface area contributed by atoms with E-state index in [1.165, 1.54) is 25.3 Å². The summed E-state index contributed by atoms with van der Waals surface area (Å²) >= 11 is 3.05. The van der Waals surface area contributed by atoms with Gasteiger partial charge in [0.1, 0.15) is 17.3 Å². The van der Waals surface area contributed by atoms with Gasteiger partial charge in [0.25, 0.3) is 0 Å². The SMILES string of the molecule is COc1ccc(F)cc1CC(=O)CBr. The average Bonchev–Trinajstić information content (AvgIpc) is 2.18. The lowest BCUT2D eigenvalue weighted by Crippen LogP contribution is -2.05. The Morgan fingerprint density at radius 1 is 1.57 bits per heavy atom. The molecule has 0 amide bonds. The van der Waals surface area contributed by atoms with Gasteiger partial charge in [0, 0.05) is 12.0 Å². The van der Waals surface area contributed by atoms with E-state index in [2.05, 4.69) is 15.9 Å². The van der Waals surface area contributed by atoms with Crippen LogP contribution in [0.5, 0.6) is 5.75 Å². The highest BCUT2D eigenvalue weighted by molar-refractivity contribution is 9.09. The lowest BCUT2D eigenvalue weighted by molar-refractivity contribution is -0.115. The summed E-state index contributed by atoms with van der Waals surface area (Å²) in [4.78, 5) is 11.1. The van der Waals surface area contributed by atoms with Crippen molar-refractivity contribution in [3.05, 3.63) is 29.6 Å². The number of ether oxygens (including phenoxy) is 1. The van der Waals surface area contributed by atoms with Crippen LogP contribution < -0.4 is 4.74 Å². The van der Waals surface area contributed by atoms with Crippen molar-refractivity contribution < 1.29 is 13.9 Å². The Hall–Kier alpha value is -0.900. The molecule has 2 nitrogen and oxygen atoms in total. The number of Topliss-reactive ketones (excluding diaryl/α,β-unsaturated/α-hetero) is 1. The molecule has 0 spiro atoms. The minimum Gasteiger partial charge on any atom is -0.496 e. The molecule has 0 fully saturated rings. The molecule has 0 N–H and O–H groups in total. The zero-order valence-corrected chi connectivity index (χ0v) is 9.30. The summed E-state index contributed by atoms with van der Waals surface area (Å²) in [7, 11) is 1.50. The molecule has 0 aliphatic heterocycles. The molecule has 4 heteroatoms. The normalized spacial score (nSPS) is 9.93. The van der Waals surface area contributed by atoms with Crippen molar-refractivity contribution in [1.82, 2.24) is 0 Å². The third-order valence-corrected chi connectivity index (χ3v) is 2.40. The number of methoxy groups -OCH3 is 1. The van der Waals surface area contributed by atoms with Gasteiger partial charge in [0.15, 0.2) is 0 Å². The Balaban J connectivity index is 2.93. The zero-order valence-electron chi connectivity index (χ0n) is 7.72. The molecule has 76 valence electrons. The molecule has 0 aliphatic rings. The number of carbonyl (C=O) groups excluding carboxylic acids is 1. The van der Waals surface area contributed by atoms with Crippen molar-refractivity contribution in [1.29, 1.82) is 0 Å². The monoisotopic (exact) mass is 260 g/mol. The zero-order chi connectivity index (χ0) is 10.6. The van der Waals surface area contributed by atoms with E-state index in [4.69, 9.17) is 4.74 Å². The summed E-state index contributed by atoms with van der Waals surface area (Å²) in [6.07, 6.45) is 0.187. The van der Waals surface area contributed by atoms with Crippen LogP contribution in [0.2, 0.25) is 0 Å². The van der Waals surface area contributed by atoms with Gasteiger partial charge in [-0.2, -0.15) is 0 Å². The van der Waals surface area contributed by atoms with E-state index in [9.17, 15) is 9.18 Å². The summed E-state index contributed by atoms with van der Waals surface area (Å²) in [5, 5.41) is 0.271. The fourth-order valence-corrected chi connectivity index (χ4v) is 1.34. The third-order valence-electron chi connectivity index (χ3n) is 1.78. The molecule has 0 aliphatic carbocycles. The molecule has 0 heterocycles. The second kappa shape index (κ2) is 5.10. The van der Waals surface area contributed by atoms with Crippen molar-refractivity contribution in [3.8, 4) is 5.75 Å². The first-order valence-corrected chi connectivity index (χ1v) is 5.19. The maximum atomic E-state index is 12.9. The molecule has 1 aromatic rings. The molecule has 1 aromatic carbocycles. The van der Waals surface area contributed by atoms with Crippen LogP contribution in [0.3, 0.4) is 0 Å². The van der Waals surface area contributed by atoms with Crippen LogP contribution in [-0.4, -0.2) is 18.2 Å². The van der Waals surface area contributed by atoms with Gasteiger partial charge in [0.2, 0.25) is 0 Å². The van der Waals surface area contributed by atoms with Crippen LogP contribution in [0.1, 0.15) is 5.56 Å². The number of rotatable bonds is 4. The molecule has 14 heavy (non-hydrogen) atoms. The van der Waals surface area contributed by atoms with Crippen molar-refractivity contribution in [3.63, 3.8) is 0 Å². The summed E-state index contributed by atoms with van der Waals surface area (Å²) in [6, 6.07) is 4.15. The summed E-state index contributed by atoms with van der Waals surface area (Å²) in [6.45, 7) is 0. The van der Waals surface area contributed by atoms with E-state index >= 15 is 0 Å². The Morgan fingerprint density at radius 2 is 2.29 bits per heavy atom. The van der Waals surface area contributed by atoms with Gasteiger partial charge < -0.3 is 4.74 Å². The van der Waals surface area contributed by atoms with Gasteiger partial charge in [-0.1, -0.05) is 15.9 Å². The molecule has 0 unspecified atom stereocenters. The van der Waals surface area contributed by atoms with E-state index in [0.29, 0.717) is 11.3 Å². The second-order valence-electron chi connectivity index (χ2n) is 2.81. The highest BCUT2D eigenvalue weighted by atomic mass is 79.9. The van der Waals surface area contributed by atoms with Crippen LogP contribution in [0.15, 0.2) is 18.2 Å². The number of hydrogen-bond acceptors (Lipinski definition) is 2. The summed E-state index contributed by atoms with van der Waals surface area (Å²) in [5.74, 6) is 0.178. The maximum absolute atomic E-state index is 12.9. The maximum Gasteiger partial charge on any atom is 0.147 e. The molecular weight excluding hydrogens is 251 g/mol. The van der Waals surface area contributed by atoms with Crippen molar-refractivity contribution in [2.75, 3.05) is 12.4 Å². The molecular formula is C10H10BrFO2. The Labute approximate surface area is 90.2 Å². The van der Waals surface area contributed by atoms with Gasteiger partial charge in [-0.15, -0.1) is 0 Å².